The molecule has 0 atom stereocenters. The van der Waals surface area contributed by atoms with Crippen molar-refractivity contribution < 1.29 is 188 Å². The molecule has 0 aliphatic rings. The number of unbranched alkanes of at least 4 members (excludes halogenated alkanes) is 3. The standard InChI is InChI=1S/C26H26F6O5.C24H23F5O5.C23H23F3O5.C19H17F5O3.C12H20O4/c1-3-16-36-22(33)14-7-18-5-10-21(11-6-18)37-23(34)19-8-12-20(13-9-19)35-17-4-15-25(29,30)26(31,32)24(2,27)28;1-2-15-33-21(30)13-6-17-4-9-20(10-5-17)34-22(31)18-7-11-19(12-8-18)32-16-3-14-23(25,26)24(27,28)29;1-2-15-30-21(27)13-6-17-4-9-20(10-5-17)31-22(28)18-7-11-19(12-8-18)29-16-3-14-23(24,25)26;1-13-3-7-16(8-4-13)27-17(25)14-5-9-15(10-6-14)26-12-2-11-18(20,21)19(22,23)24;1-3-8-12(14)16-10-7-5-4-6-9-15-11(2)13/h5-14H,3-4,15-17H2,1-2H3;4-13H,2-3,14-16H2,1H3;4-13H,2-3,14-16H2,1H3;3-10H,2,11-12H2,1H3;3,8H,4-7,9-10H2,1-2H3/b14-7+;2*13-6+;;8-3+. The summed E-state index contributed by atoms with van der Waals surface area (Å²) in [7, 11) is 0. The minimum absolute atomic E-state index is 0.0690. The Morgan fingerprint density at radius 2 is 0.517 bits per heavy atom. The number of allylic oxidation sites excluding steroid dienone is 1. The van der Waals surface area contributed by atoms with Gasteiger partial charge in [-0.1, -0.05) is 80.9 Å². The van der Waals surface area contributed by atoms with Gasteiger partial charge in [-0.15, -0.1) is 0 Å². The Bertz CT molecular complexity index is 5370. The third kappa shape index (κ3) is 49.6. The molecule has 0 saturated heterocycles. The van der Waals surface area contributed by atoms with Crippen molar-refractivity contribution in [3.05, 3.63) is 269 Å². The van der Waals surface area contributed by atoms with Crippen molar-refractivity contribution in [2.75, 3.05) is 59.5 Å². The van der Waals surface area contributed by atoms with Crippen LogP contribution in [0.5, 0.6) is 46.0 Å². The number of halogens is 19. The van der Waals surface area contributed by atoms with E-state index in [1.165, 1.54) is 140 Å². The predicted octanol–water partition coefficient (Wildman–Crippen LogP) is 26.6. The lowest BCUT2D eigenvalue weighted by atomic mass is 10.0. The van der Waals surface area contributed by atoms with E-state index in [0.717, 1.165) is 49.7 Å². The second-order valence-corrected chi connectivity index (χ2v) is 31.1. The van der Waals surface area contributed by atoms with E-state index in [1.54, 1.807) is 116 Å². The highest BCUT2D eigenvalue weighted by Gasteiger charge is 2.68. The largest absolute Gasteiger partial charge is 0.494 e. The summed E-state index contributed by atoms with van der Waals surface area (Å²) >= 11 is 0. The van der Waals surface area contributed by atoms with Crippen LogP contribution in [0.4, 0.5) is 83.4 Å². The van der Waals surface area contributed by atoms with Crippen molar-refractivity contribution in [1.29, 1.82) is 0 Å². The SMILES string of the molecule is C/C=C/C(=O)OCCCCCCOC(C)=O.CCCOC(=O)/C=C/c1ccc(OC(=O)c2ccc(OCCCC(F)(F)C(F)(F)C(C)(F)F)cc2)cc1.CCCOC(=O)/C=C/c1ccc(OC(=O)c2ccc(OCCCC(F)(F)C(F)(F)F)cc2)cc1.CCCOC(=O)/C=C/c1ccc(OC(=O)c2ccc(OCCCC(F)(F)F)cc2)cc1.Cc1ccc(OC(=O)c2ccc(OCCCC(F)(F)C(F)(F)F)cc2)cc1. The van der Waals surface area contributed by atoms with Gasteiger partial charge in [-0.3, -0.25) is 4.79 Å². The molecule has 0 bridgehead atoms. The number of carbonyl (C=O) groups excluding carboxylic acids is 9. The van der Waals surface area contributed by atoms with Gasteiger partial charge >= 0.3 is 102 Å². The molecular weight excluding hydrogens is 1960 g/mol. The molecule has 0 spiro atoms. The number of aryl methyl sites for hydroxylation is 1. The van der Waals surface area contributed by atoms with E-state index in [4.69, 9.17) is 61.6 Å². The van der Waals surface area contributed by atoms with Crippen LogP contribution in [0, 0.1) is 6.92 Å². The summed E-state index contributed by atoms with van der Waals surface area (Å²) in [6, 6.07) is 48.6. The summed E-state index contributed by atoms with van der Waals surface area (Å²) in [5, 5.41) is 0. The van der Waals surface area contributed by atoms with Crippen molar-refractivity contribution in [3.8, 4) is 46.0 Å². The van der Waals surface area contributed by atoms with Gasteiger partial charge in [0.1, 0.15) is 46.0 Å². The summed E-state index contributed by atoms with van der Waals surface area (Å²) in [6.45, 7) is 11.3. The maximum absolute atomic E-state index is 13.5. The summed E-state index contributed by atoms with van der Waals surface area (Å²) < 4.78 is 305. The van der Waals surface area contributed by atoms with Gasteiger partial charge in [-0.25, -0.2) is 38.4 Å². The number of esters is 9. The van der Waals surface area contributed by atoms with Crippen LogP contribution in [-0.2, 0) is 47.7 Å². The zero-order chi connectivity index (χ0) is 108. The van der Waals surface area contributed by atoms with Gasteiger partial charge in [-0.2, -0.15) is 83.4 Å². The topological polar surface area (TPSA) is 274 Å². The molecule has 8 rings (SSSR count). The second-order valence-electron chi connectivity index (χ2n) is 31.1. The molecule has 145 heavy (non-hydrogen) atoms. The van der Waals surface area contributed by atoms with Gasteiger partial charge in [0.15, 0.2) is 0 Å². The van der Waals surface area contributed by atoms with E-state index in [-0.39, 0.29) is 96.1 Å². The summed E-state index contributed by atoms with van der Waals surface area (Å²) in [4.78, 5) is 105. The number of ether oxygens (including phenoxy) is 13. The third-order valence-electron chi connectivity index (χ3n) is 18.8. The Kier molecular flexibility index (Phi) is 53.0. The lowest BCUT2D eigenvalue weighted by Gasteiger charge is -2.30. The number of alkyl halides is 19. The fraction of sp³-hybridized carbons (Fsp3) is 0.375. The van der Waals surface area contributed by atoms with Crippen LogP contribution in [0.3, 0.4) is 0 Å². The zero-order valence-electron chi connectivity index (χ0n) is 79.7. The van der Waals surface area contributed by atoms with Gasteiger partial charge < -0.3 is 61.6 Å². The van der Waals surface area contributed by atoms with Crippen molar-refractivity contribution in [3.63, 3.8) is 0 Å². The first-order valence-corrected chi connectivity index (χ1v) is 45.0. The lowest BCUT2D eigenvalue weighted by Crippen LogP contribution is -2.52. The van der Waals surface area contributed by atoms with Crippen LogP contribution in [-0.4, -0.2) is 161 Å². The summed E-state index contributed by atoms with van der Waals surface area (Å²) in [5.41, 5.74) is 3.97. The predicted molar refractivity (Wildman–Crippen MR) is 495 cm³/mol. The Labute approximate surface area is 824 Å². The summed E-state index contributed by atoms with van der Waals surface area (Å²) in [6.07, 6.45) is -4.67. The van der Waals surface area contributed by atoms with Gasteiger partial charge in [0.25, 0.3) is 0 Å². The second kappa shape index (κ2) is 62.4. The quantitative estimate of drug-likeness (QED) is 0.00855. The van der Waals surface area contributed by atoms with Gasteiger partial charge in [0.05, 0.1) is 81.7 Å². The lowest BCUT2D eigenvalue weighted by molar-refractivity contribution is -0.304. The van der Waals surface area contributed by atoms with E-state index >= 15 is 0 Å². The maximum Gasteiger partial charge on any atom is 0.453 e. The maximum atomic E-state index is 13.5. The van der Waals surface area contributed by atoms with E-state index in [2.05, 4.69) is 0 Å². The van der Waals surface area contributed by atoms with E-state index in [1.807, 2.05) is 27.7 Å². The third-order valence-corrected chi connectivity index (χ3v) is 18.8. The van der Waals surface area contributed by atoms with Crippen molar-refractivity contribution >= 4 is 72.0 Å². The molecule has 8 aromatic carbocycles. The highest BCUT2D eigenvalue weighted by Crippen LogP contribution is 2.48. The fourth-order valence-electron chi connectivity index (χ4n) is 11.0. The number of hydrogen-bond donors (Lipinski definition) is 0. The molecule has 41 heteroatoms. The van der Waals surface area contributed by atoms with E-state index in [0.29, 0.717) is 67.8 Å². The van der Waals surface area contributed by atoms with Crippen LogP contribution in [0.1, 0.15) is 202 Å². The molecule has 0 amide bonds. The molecule has 0 aliphatic heterocycles. The first kappa shape index (κ1) is 123. The number of carbonyl (C=O) groups is 9. The molecular formula is C104H109F19O22. The molecule has 0 heterocycles. The number of hydrogen-bond acceptors (Lipinski definition) is 22. The molecule has 22 nitrogen and oxygen atoms in total. The Morgan fingerprint density at radius 3 is 0.766 bits per heavy atom. The normalized spacial score (nSPS) is 11.8. The molecule has 0 N–H and O–H groups in total. The van der Waals surface area contributed by atoms with Gasteiger partial charge in [0, 0.05) is 63.8 Å². The van der Waals surface area contributed by atoms with Crippen LogP contribution in [0.15, 0.2) is 225 Å². The molecule has 8 aromatic rings. The minimum Gasteiger partial charge on any atom is -0.494 e. The monoisotopic (exact) mass is 2070 g/mol. The summed E-state index contributed by atoms with van der Waals surface area (Å²) in [5.74, 6) is -27.0. The van der Waals surface area contributed by atoms with Gasteiger partial charge in [0.2, 0.25) is 0 Å². The van der Waals surface area contributed by atoms with E-state index in [9.17, 15) is 127 Å². The van der Waals surface area contributed by atoms with Crippen molar-refractivity contribution in [2.24, 2.45) is 0 Å². The average molecular weight is 2070 g/mol. The van der Waals surface area contributed by atoms with Crippen LogP contribution >= 0.6 is 0 Å². The van der Waals surface area contributed by atoms with Crippen LogP contribution in [0.2, 0.25) is 0 Å². The molecule has 0 fully saturated rings. The number of rotatable bonds is 49. The van der Waals surface area contributed by atoms with Gasteiger partial charge in [-0.05, 0) is 265 Å². The van der Waals surface area contributed by atoms with Crippen molar-refractivity contribution in [1.82, 2.24) is 0 Å². The number of benzene rings is 8. The fourth-order valence-corrected chi connectivity index (χ4v) is 11.0. The van der Waals surface area contributed by atoms with E-state index < -0.39 is 141 Å². The highest BCUT2D eigenvalue weighted by molar-refractivity contribution is 5.94. The average Bonchev–Trinajstić information content (AvgIpc) is 0.775. The van der Waals surface area contributed by atoms with Crippen LogP contribution < -0.4 is 37.9 Å². The Balaban J connectivity index is 0.000000385. The highest BCUT2D eigenvalue weighted by atomic mass is 19.4. The first-order chi connectivity index (χ1) is 68.3. The molecule has 0 radical (unpaired) electrons. The molecule has 790 valence electrons. The minimum atomic E-state index is -5.59. The molecule has 0 aliphatic carbocycles. The zero-order valence-corrected chi connectivity index (χ0v) is 79.7. The first-order valence-electron chi connectivity index (χ1n) is 45.0. The van der Waals surface area contributed by atoms with Crippen molar-refractivity contribution in [2.45, 2.75) is 193 Å². The Hall–Kier alpha value is -14.2. The molecule has 0 aromatic heterocycles. The molecule has 0 saturated carbocycles. The smallest absolute Gasteiger partial charge is 0.453 e. The molecule has 0 unspecified atom stereocenters. The van der Waals surface area contributed by atoms with Crippen LogP contribution in [0.25, 0.3) is 18.2 Å². The Morgan fingerprint density at radius 1 is 0.276 bits per heavy atom.